The molecule has 0 radical (unpaired) electrons. The smallest absolute Gasteiger partial charge is 0.0368 e. The lowest BCUT2D eigenvalue weighted by Crippen LogP contribution is -2.39. The lowest BCUT2D eigenvalue weighted by Gasteiger charge is -2.30. The molecular formula is C18H34N4. The molecule has 0 saturated heterocycles. The van der Waals surface area contributed by atoms with E-state index in [1.54, 1.807) is 0 Å². The van der Waals surface area contributed by atoms with Gasteiger partial charge in [0.1, 0.15) is 0 Å². The summed E-state index contributed by atoms with van der Waals surface area (Å²) in [6.45, 7) is 17.7. The SMILES string of the molecule is CCN(CC)CCN(CCN(CC)CC)c1ccc(N)cc1. The highest BCUT2D eigenvalue weighted by molar-refractivity contribution is 5.53. The third-order valence-electron chi connectivity index (χ3n) is 4.42. The Kier molecular flexibility index (Phi) is 8.94. The van der Waals surface area contributed by atoms with Crippen LogP contribution in [0.4, 0.5) is 11.4 Å². The van der Waals surface area contributed by atoms with E-state index in [0.29, 0.717) is 0 Å². The van der Waals surface area contributed by atoms with Gasteiger partial charge in [0.15, 0.2) is 0 Å². The highest BCUT2D eigenvalue weighted by Crippen LogP contribution is 2.16. The van der Waals surface area contributed by atoms with Gasteiger partial charge in [0.05, 0.1) is 0 Å². The molecule has 0 spiro atoms. The summed E-state index contributed by atoms with van der Waals surface area (Å²) in [4.78, 5) is 7.43. The number of anilines is 2. The summed E-state index contributed by atoms with van der Waals surface area (Å²) in [5.41, 5.74) is 7.92. The molecule has 1 rings (SSSR count). The predicted octanol–water partition coefficient (Wildman–Crippen LogP) is 2.76. The van der Waals surface area contributed by atoms with Gasteiger partial charge in [0.2, 0.25) is 0 Å². The Balaban J connectivity index is 2.69. The number of rotatable bonds is 11. The fourth-order valence-electron chi connectivity index (χ4n) is 2.66. The molecule has 0 fully saturated rings. The zero-order chi connectivity index (χ0) is 16.4. The van der Waals surface area contributed by atoms with E-state index in [9.17, 15) is 0 Å². The van der Waals surface area contributed by atoms with E-state index < -0.39 is 0 Å². The van der Waals surface area contributed by atoms with Crippen molar-refractivity contribution < 1.29 is 0 Å². The van der Waals surface area contributed by atoms with Crippen LogP contribution in [0.15, 0.2) is 24.3 Å². The van der Waals surface area contributed by atoms with Crippen LogP contribution in [0, 0.1) is 0 Å². The Labute approximate surface area is 136 Å². The molecule has 4 nitrogen and oxygen atoms in total. The summed E-state index contributed by atoms with van der Waals surface area (Å²) >= 11 is 0. The van der Waals surface area contributed by atoms with E-state index in [-0.39, 0.29) is 0 Å². The first-order valence-corrected chi connectivity index (χ1v) is 8.69. The number of hydrogen-bond donors (Lipinski definition) is 1. The standard InChI is InChI=1S/C18H34N4/c1-5-20(6-2)13-15-22(16-14-21(7-3)8-4)18-11-9-17(19)10-12-18/h9-12H,5-8,13-16,19H2,1-4H3. The second-order valence-corrected chi connectivity index (χ2v) is 5.63. The van der Waals surface area contributed by atoms with Crippen molar-refractivity contribution in [3.8, 4) is 0 Å². The molecule has 0 bridgehead atoms. The maximum absolute atomic E-state index is 5.82. The summed E-state index contributed by atoms with van der Waals surface area (Å²) in [5, 5.41) is 0. The first-order chi connectivity index (χ1) is 10.6. The van der Waals surface area contributed by atoms with Gasteiger partial charge < -0.3 is 20.4 Å². The molecule has 0 aliphatic heterocycles. The lowest BCUT2D eigenvalue weighted by molar-refractivity contribution is 0.294. The number of nitrogens with zero attached hydrogens (tertiary/aromatic N) is 3. The molecule has 2 N–H and O–H groups in total. The van der Waals surface area contributed by atoms with E-state index in [4.69, 9.17) is 5.73 Å². The van der Waals surface area contributed by atoms with Crippen LogP contribution in [-0.2, 0) is 0 Å². The number of hydrogen-bond acceptors (Lipinski definition) is 4. The van der Waals surface area contributed by atoms with Crippen LogP contribution < -0.4 is 10.6 Å². The summed E-state index contributed by atoms with van der Waals surface area (Å²) in [6.07, 6.45) is 0. The van der Waals surface area contributed by atoms with Gasteiger partial charge in [0.25, 0.3) is 0 Å². The third-order valence-corrected chi connectivity index (χ3v) is 4.42. The minimum atomic E-state index is 0.830. The van der Waals surface area contributed by atoms with Crippen LogP contribution in [0.3, 0.4) is 0 Å². The summed E-state index contributed by atoms with van der Waals surface area (Å²) in [6, 6.07) is 8.27. The van der Waals surface area contributed by atoms with E-state index in [2.05, 4.69) is 54.5 Å². The molecule has 0 atom stereocenters. The number of benzene rings is 1. The van der Waals surface area contributed by atoms with Gasteiger partial charge in [-0.2, -0.15) is 0 Å². The van der Waals surface area contributed by atoms with Crippen LogP contribution in [0.2, 0.25) is 0 Å². The zero-order valence-corrected chi connectivity index (χ0v) is 14.9. The first-order valence-electron chi connectivity index (χ1n) is 8.69. The van der Waals surface area contributed by atoms with E-state index >= 15 is 0 Å². The largest absolute Gasteiger partial charge is 0.399 e. The van der Waals surface area contributed by atoms with Gasteiger partial charge >= 0.3 is 0 Å². The zero-order valence-electron chi connectivity index (χ0n) is 14.9. The maximum atomic E-state index is 5.82. The van der Waals surface area contributed by atoms with Crippen LogP contribution in [0.1, 0.15) is 27.7 Å². The quantitative estimate of drug-likeness (QED) is 0.638. The monoisotopic (exact) mass is 306 g/mol. The molecule has 0 aliphatic carbocycles. The predicted molar refractivity (Wildman–Crippen MR) is 98.6 cm³/mol. The first kappa shape index (κ1) is 18.8. The summed E-state index contributed by atoms with van der Waals surface area (Å²) < 4.78 is 0. The third kappa shape index (κ3) is 6.24. The molecule has 0 aromatic heterocycles. The number of likely N-dealkylation sites (N-methyl/N-ethyl adjacent to an activating group) is 2. The Morgan fingerprint density at radius 1 is 0.682 bits per heavy atom. The summed E-state index contributed by atoms with van der Waals surface area (Å²) in [7, 11) is 0. The minimum Gasteiger partial charge on any atom is -0.399 e. The Morgan fingerprint density at radius 2 is 1.09 bits per heavy atom. The van der Waals surface area contributed by atoms with Gasteiger partial charge in [-0.25, -0.2) is 0 Å². The fourth-order valence-corrected chi connectivity index (χ4v) is 2.66. The Bertz CT molecular complexity index is 367. The average Bonchev–Trinajstić information content (AvgIpc) is 2.55. The molecular weight excluding hydrogens is 272 g/mol. The van der Waals surface area contributed by atoms with E-state index in [1.807, 2.05) is 12.1 Å². The molecule has 0 amide bonds. The Hall–Kier alpha value is -1.26. The van der Waals surface area contributed by atoms with E-state index in [0.717, 1.165) is 58.0 Å². The van der Waals surface area contributed by atoms with Crippen LogP contribution in [0.5, 0.6) is 0 Å². The van der Waals surface area contributed by atoms with Crippen molar-refractivity contribution in [1.29, 1.82) is 0 Å². The van der Waals surface area contributed by atoms with Crippen molar-refractivity contribution in [1.82, 2.24) is 9.80 Å². The van der Waals surface area contributed by atoms with Crippen molar-refractivity contribution in [3.05, 3.63) is 24.3 Å². The van der Waals surface area contributed by atoms with Crippen LogP contribution >= 0.6 is 0 Å². The van der Waals surface area contributed by atoms with Crippen molar-refractivity contribution >= 4 is 11.4 Å². The normalized spacial score (nSPS) is 11.4. The average molecular weight is 306 g/mol. The summed E-state index contributed by atoms with van der Waals surface area (Å²) in [5.74, 6) is 0. The molecule has 0 heterocycles. The van der Waals surface area contributed by atoms with Gasteiger partial charge in [-0.3, -0.25) is 0 Å². The van der Waals surface area contributed by atoms with Crippen LogP contribution in [-0.4, -0.2) is 62.2 Å². The lowest BCUT2D eigenvalue weighted by atomic mass is 10.2. The molecule has 0 saturated carbocycles. The van der Waals surface area contributed by atoms with Crippen molar-refractivity contribution in [2.24, 2.45) is 0 Å². The van der Waals surface area contributed by atoms with Crippen LogP contribution in [0.25, 0.3) is 0 Å². The number of nitrogens with two attached hydrogens (primary N) is 1. The molecule has 1 aromatic rings. The highest BCUT2D eigenvalue weighted by atomic mass is 15.2. The number of nitrogen functional groups attached to an aromatic ring is 1. The molecule has 0 unspecified atom stereocenters. The van der Waals surface area contributed by atoms with Crippen molar-refractivity contribution in [2.75, 3.05) is 63.0 Å². The second kappa shape index (κ2) is 10.5. The fraction of sp³-hybridized carbons (Fsp3) is 0.667. The maximum Gasteiger partial charge on any atom is 0.0368 e. The van der Waals surface area contributed by atoms with E-state index in [1.165, 1.54) is 5.69 Å². The molecule has 1 aromatic carbocycles. The molecule has 22 heavy (non-hydrogen) atoms. The van der Waals surface area contributed by atoms with Crippen molar-refractivity contribution in [3.63, 3.8) is 0 Å². The van der Waals surface area contributed by atoms with Gasteiger partial charge in [-0.05, 0) is 50.4 Å². The van der Waals surface area contributed by atoms with Gasteiger partial charge in [-0.1, -0.05) is 27.7 Å². The van der Waals surface area contributed by atoms with Gasteiger partial charge in [0, 0.05) is 37.6 Å². The Morgan fingerprint density at radius 3 is 1.45 bits per heavy atom. The second-order valence-electron chi connectivity index (χ2n) is 5.63. The molecule has 126 valence electrons. The van der Waals surface area contributed by atoms with Crippen molar-refractivity contribution in [2.45, 2.75) is 27.7 Å². The molecule has 0 aliphatic rings. The highest BCUT2D eigenvalue weighted by Gasteiger charge is 2.10. The van der Waals surface area contributed by atoms with Gasteiger partial charge in [-0.15, -0.1) is 0 Å². The topological polar surface area (TPSA) is 35.7 Å². The minimum absolute atomic E-state index is 0.830. The molecule has 4 heteroatoms.